The second-order valence-electron chi connectivity index (χ2n) is 11.3. The molecule has 1 aliphatic carbocycles. The zero-order valence-corrected chi connectivity index (χ0v) is 22.6. The van der Waals surface area contributed by atoms with Crippen molar-refractivity contribution in [3.8, 4) is 11.3 Å². The molecule has 8 nitrogen and oxygen atoms in total. The molecule has 1 aromatic carbocycles. The molecule has 4 rings (SSSR count). The molecule has 1 saturated carbocycles. The maximum atomic E-state index is 13.5. The van der Waals surface area contributed by atoms with Crippen LogP contribution in [0.2, 0.25) is 0 Å². The van der Waals surface area contributed by atoms with E-state index in [1.807, 2.05) is 32.6 Å². The van der Waals surface area contributed by atoms with Crippen LogP contribution in [0.25, 0.3) is 11.3 Å². The van der Waals surface area contributed by atoms with E-state index in [0.717, 1.165) is 12.8 Å². The molecular formula is C29H37FN4O4. The second kappa shape index (κ2) is 11.5. The highest BCUT2D eigenvalue weighted by Crippen LogP contribution is 2.28. The van der Waals surface area contributed by atoms with Gasteiger partial charge in [0.1, 0.15) is 11.4 Å². The van der Waals surface area contributed by atoms with Crippen LogP contribution in [-0.2, 0) is 9.53 Å². The van der Waals surface area contributed by atoms with E-state index < -0.39 is 5.60 Å². The number of rotatable bonds is 4. The fourth-order valence-electron chi connectivity index (χ4n) is 5.11. The zero-order chi connectivity index (χ0) is 27.4. The van der Waals surface area contributed by atoms with Crippen molar-refractivity contribution in [2.45, 2.75) is 71.1 Å². The van der Waals surface area contributed by atoms with Gasteiger partial charge in [0.2, 0.25) is 5.91 Å². The molecule has 0 bridgehead atoms. The average Bonchev–Trinajstić information content (AvgIpc) is 2.88. The molecule has 204 valence electrons. The van der Waals surface area contributed by atoms with Gasteiger partial charge in [-0.1, -0.05) is 12.1 Å². The summed E-state index contributed by atoms with van der Waals surface area (Å²) in [6.45, 7) is 8.90. The number of nitrogens with one attached hydrogen (secondary N) is 1. The van der Waals surface area contributed by atoms with Crippen LogP contribution in [0.4, 0.5) is 9.18 Å². The molecule has 38 heavy (non-hydrogen) atoms. The van der Waals surface area contributed by atoms with Crippen LogP contribution < -0.4 is 5.32 Å². The molecule has 1 N–H and O–H groups in total. The Morgan fingerprint density at radius 2 is 1.79 bits per heavy atom. The summed E-state index contributed by atoms with van der Waals surface area (Å²) < 4.78 is 19.0. The van der Waals surface area contributed by atoms with Gasteiger partial charge >= 0.3 is 6.09 Å². The molecule has 3 amide bonds. The number of hydrogen-bond acceptors (Lipinski definition) is 5. The lowest BCUT2D eigenvalue weighted by molar-refractivity contribution is -0.141. The summed E-state index contributed by atoms with van der Waals surface area (Å²) in [6.07, 6.45) is 4.03. The van der Waals surface area contributed by atoms with Gasteiger partial charge in [0.15, 0.2) is 0 Å². The molecular weight excluding hydrogens is 487 g/mol. The van der Waals surface area contributed by atoms with Gasteiger partial charge in [-0.15, -0.1) is 0 Å². The Labute approximate surface area is 223 Å². The average molecular weight is 525 g/mol. The van der Waals surface area contributed by atoms with Gasteiger partial charge in [0.05, 0.1) is 11.3 Å². The monoisotopic (exact) mass is 524 g/mol. The molecule has 0 unspecified atom stereocenters. The molecule has 2 fully saturated rings. The first-order chi connectivity index (χ1) is 18.0. The van der Waals surface area contributed by atoms with E-state index in [1.165, 1.54) is 18.3 Å². The first kappa shape index (κ1) is 27.5. The van der Waals surface area contributed by atoms with Crippen LogP contribution in [0.15, 0.2) is 42.6 Å². The van der Waals surface area contributed by atoms with Crippen LogP contribution in [0.3, 0.4) is 0 Å². The molecule has 0 radical (unpaired) electrons. The van der Waals surface area contributed by atoms with Gasteiger partial charge in [0.25, 0.3) is 5.91 Å². The normalized spacial score (nSPS) is 22.1. The Morgan fingerprint density at radius 1 is 1.05 bits per heavy atom. The summed E-state index contributed by atoms with van der Waals surface area (Å²) in [7, 11) is 0. The summed E-state index contributed by atoms with van der Waals surface area (Å²) in [5.41, 5.74) is 1.14. The van der Waals surface area contributed by atoms with Gasteiger partial charge in [0, 0.05) is 49.4 Å². The quantitative estimate of drug-likeness (QED) is 0.629. The smallest absolute Gasteiger partial charge is 0.410 e. The third kappa shape index (κ3) is 6.88. The topological polar surface area (TPSA) is 91.8 Å². The largest absolute Gasteiger partial charge is 0.444 e. The van der Waals surface area contributed by atoms with Crippen LogP contribution in [0.1, 0.15) is 63.7 Å². The summed E-state index contributed by atoms with van der Waals surface area (Å²) in [5, 5.41) is 3.07. The number of aromatic nitrogens is 1. The van der Waals surface area contributed by atoms with Crippen molar-refractivity contribution in [2.24, 2.45) is 5.92 Å². The minimum Gasteiger partial charge on any atom is -0.444 e. The van der Waals surface area contributed by atoms with Gasteiger partial charge in [-0.2, -0.15) is 0 Å². The number of benzene rings is 1. The van der Waals surface area contributed by atoms with Crippen molar-refractivity contribution < 1.29 is 23.5 Å². The molecule has 1 aromatic heterocycles. The molecule has 9 heteroatoms. The minimum atomic E-state index is -0.551. The lowest BCUT2D eigenvalue weighted by Crippen LogP contribution is -2.57. The highest BCUT2D eigenvalue weighted by molar-refractivity contribution is 5.94. The number of ether oxygens (including phenoxy) is 1. The number of nitrogens with zero attached hydrogens (tertiary/aromatic N) is 3. The molecule has 1 atom stereocenters. The van der Waals surface area contributed by atoms with Crippen molar-refractivity contribution in [1.29, 1.82) is 0 Å². The first-order valence-corrected chi connectivity index (χ1v) is 13.3. The number of amides is 3. The molecule has 2 aliphatic rings. The predicted octanol–water partition coefficient (Wildman–Crippen LogP) is 4.64. The van der Waals surface area contributed by atoms with E-state index in [4.69, 9.17) is 4.74 Å². The maximum absolute atomic E-state index is 13.5. The van der Waals surface area contributed by atoms with Crippen molar-refractivity contribution in [3.63, 3.8) is 0 Å². The summed E-state index contributed by atoms with van der Waals surface area (Å²) in [4.78, 5) is 46.3. The van der Waals surface area contributed by atoms with Crippen molar-refractivity contribution in [1.82, 2.24) is 20.1 Å². The van der Waals surface area contributed by atoms with E-state index in [0.29, 0.717) is 49.3 Å². The highest BCUT2D eigenvalue weighted by atomic mass is 19.1. The third-order valence-electron chi connectivity index (χ3n) is 7.12. The van der Waals surface area contributed by atoms with Crippen molar-refractivity contribution in [2.75, 3.05) is 19.6 Å². The van der Waals surface area contributed by atoms with E-state index >= 15 is 0 Å². The molecule has 1 saturated heterocycles. The van der Waals surface area contributed by atoms with E-state index in [2.05, 4.69) is 10.3 Å². The summed E-state index contributed by atoms with van der Waals surface area (Å²) in [6, 6.07) is 9.49. The Kier molecular flexibility index (Phi) is 8.33. The number of halogens is 1. The minimum absolute atomic E-state index is 0.00381. The number of carbonyl (C=O) groups excluding carboxylic acids is 3. The standard InChI is InChI=1S/C29H37FN4O4/c1-19-18-33(28(37)38-29(2,3)4)14-15-34(19)27(36)20-8-11-24(12-9-20)32-26(35)22-10-13-25(31-17-22)21-6-5-7-23(30)16-21/h5-7,10,13,16-17,19-20,24H,8-9,11-12,14-15,18H2,1-4H3,(H,32,35)/t19-,20-,24-/m0/s1. The number of hydrogen-bond donors (Lipinski definition) is 1. The Morgan fingerprint density at radius 3 is 2.39 bits per heavy atom. The van der Waals surface area contributed by atoms with E-state index in [1.54, 1.807) is 29.2 Å². The highest BCUT2D eigenvalue weighted by Gasteiger charge is 2.36. The van der Waals surface area contributed by atoms with Crippen molar-refractivity contribution in [3.05, 3.63) is 54.0 Å². The van der Waals surface area contributed by atoms with Crippen LogP contribution in [-0.4, -0.2) is 70.0 Å². The first-order valence-electron chi connectivity index (χ1n) is 13.3. The number of piperazine rings is 1. The van der Waals surface area contributed by atoms with Gasteiger partial charge in [-0.05, 0) is 77.6 Å². The lowest BCUT2D eigenvalue weighted by atomic mass is 9.84. The van der Waals surface area contributed by atoms with Gasteiger partial charge in [-0.25, -0.2) is 9.18 Å². The lowest BCUT2D eigenvalue weighted by Gasteiger charge is -2.42. The number of pyridine rings is 1. The van der Waals surface area contributed by atoms with E-state index in [-0.39, 0.29) is 41.7 Å². The third-order valence-corrected chi connectivity index (χ3v) is 7.12. The molecule has 1 aliphatic heterocycles. The maximum Gasteiger partial charge on any atom is 0.410 e. The van der Waals surface area contributed by atoms with Gasteiger partial charge < -0.3 is 19.9 Å². The summed E-state index contributed by atoms with van der Waals surface area (Å²) >= 11 is 0. The Hall–Kier alpha value is -3.49. The number of carbonyl (C=O) groups is 3. The fourth-order valence-corrected chi connectivity index (χ4v) is 5.11. The fraction of sp³-hybridized carbons (Fsp3) is 0.517. The van der Waals surface area contributed by atoms with Crippen molar-refractivity contribution >= 4 is 17.9 Å². The summed E-state index contributed by atoms with van der Waals surface area (Å²) in [5.74, 6) is -0.489. The SMILES string of the molecule is C[C@H]1CN(C(=O)OC(C)(C)C)CCN1C(=O)[C@H]1CC[C@H](NC(=O)c2ccc(-c3cccc(F)c3)nc2)CC1. The Bertz CT molecular complexity index is 1160. The van der Waals surface area contributed by atoms with Crippen LogP contribution >= 0.6 is 0 Å². The van der Waals surface area contributed by atoms with E-state index in [9.17, 15) is 18.8 Å². The molecule has 2 aromatic rings. The Balaban J connectivity index is 1.24. The zero-order valence-electron chi connectivity index (χ0n) is 22.6. The van der Waals surface area contributed by atoms with Crippen LogP contribution in [0, 0.1) is 11.7 Å². The van der Waals surface area contributed by atoms with Crippen LogP contribution in [0.5, 0.6) is 0 Å². The van der Waals surface area contributed by atoms with Gasteiger partial charge in [-0.3, -0.25) is 14.6 Å². The second-order valence-corrected chi connectivity index (χ2v) is 11.3. The molecule has 2 heterocycles. The molecule has 0 spiro atoms. The predicted molar refractivity (Wildman–Crippen MR) is 142 cm³/mol.